The van der Waals surface area contributed by atoms with E-state index in [0.717, 1.165) is 12.1 Å². The highest BCUT2D eigenvalue weighted by Gasteiger charge is 2.16. The quantitative estimate of drug-likeness (QED) is 0.815. The first-order chi connectivity index (χ1) is 8.09. The summed E-state index contributed by atoms with van der Waals surface area (Å²) in [5.74, 6) is -4.07. The summed E-state index contributed by atoms with van der Waals surface area (Å²) >= 11 is 0. The van der Waals surface area contributed by atoms with Crippen molar-refractivity contribution in [2.75, 3.05) is 0 Å². The third-order valence-electron chi connectivity index (χ3n) is 2.27. The molecule has 0 aliphatic heterocycles. The first-order valence-electron chi connectivity index (χ1n) is 4.75. The summed E-state index contributed by atoms with van der Waals surface area (Å²) in [6, 6.07) is 0.837. The minimum Gasteiger partial charge on any atom is -0.319 e. The van der Waals surface area contributed by atoms with Gasteiger partial charge in [0.2, 0.25) is 0 Å². The van der Waals surface area contributed by atoms with Crippen LogP contribution >= 0.6 is 0 Å². The van der Waals surface area contributed by atoms with Gasteiger partial charge in [-0.05, 0) is 17.7 Å². The zero-order chi connectivity index (χ0) is 12.4. The molecule has 2 aromatic rings. The normalized spacial score (nSPS) is 12.5. The van der Waals surface area contributed by atoms with E-state index < -0.39 is 23.5 Å². The van der Waals surface area contributed by atoms with Crippen LogP contribution in [0.1, 0.15) is 17.3 Å². The van der Waals surface area contributed by atoms with E-state index in [1.807, 2.05) is 0 Å². The molecule has 1 aromatic carbocycles. The standard InChI is InChI=1S/C11H8F3N3/c12-7-3-6(4-8(13)10(7)14)11(15)9-5-16-1-2-17-9/h1-5,11H,15H2. The average Bonchev–Trinajstić information content (AvgIpc) is 2.35. The Morgan fingerprint density at radius 2 is 1.71 bits per heavy atom. The Labute approximate surface area is 95.1 Å². The fourth-order valence-electron chi connectivity index (χ4n) is 1.40. The minimum absolute atomic E-state index is 0.0990. The molecular formula is C11H8F3N3. The van der Waals surface area contributed by atoms with Crippen LogP contribution in [0.4, 0.5) is 13.2 Å². The van der Waals surface area contributed by atoms with Gasteiger partial charge in [0, 0.05) is 12.4 Å². The molecule has 0 bridgehead atoms. The number of aromatic nitrogens is 2. The molecule has 1 heterocycles. The maximum atomic E-state index is 13.0. The van der Waals surface area contributed by atoms with Crippen molar-refractivity contribution in [1.82, 2.24) is 9.97 Å². The maximum Gasteiger partial charge on any atom is 0.194 e. The lowest BCUT2D eigenvalue weighted by molar-refractivity contribution is 0.444. The summed E-state index contributed by atoms with van der Waals surface area (Å²) in [6.45, 7) is 0. The van der Waals surface area contributed by atoms with E-state index in [0.29, 0.717) is 5.69 Å². The van der Waals surface area contributed by atoms with Crippen molar-refractivity contribution >= 4 is 0 Å². The SMILES string of the molecule is NC(c1cc(F)c(F)c(F)c1)c1cnccn1. The van der Waals surface area contributed by atoms with Gasteiger partial charge in [-0.25, -0.2) is 13.2 Å². The van der Waals surface area contributed by atoms with Gasteiger partial charge in [0.15, 0.2) is 17.5 Å². The predicted molar refractivity (Wildman–Crippen MR) is 54.4 cm³/mol. The summed E-state index contributed by atoms with van der Waals surface area (Å²) in [5.41, 5.74) is 6.19. The van der Waals surface area contributed by atoms with Crippen molar-refractivity contribution in [1.29, 1.82) is 0 Å². The van der Waals surface area contributed by atoms with Crippen molar-refractivity contribution in [3.8, 4) is 0 Å². The Morgan fingerprint density at radius 3 is 2.24 bits per heavy atom. The van der Waals surface area contributed by atoms with Crippen molar-refractivity contribution in [3.63, 3.8) is 0 Å². The molecule has 88 valence electrons. The summed E-state index contributed by atoms with van der Waals surface area (Å²) in [6.07, 6.45) is 4.23. The first kappa shape index (κ1) is 11.5. The molecular weight excluding hydrogens is 231 g/mol. The summed E-state index contributed by atoms with van der Waals surface area (Å²) in [7, 11) is 0. The third kappa shape index (κ3) is 2.26. The molecule has 2 N–H and O–H groups in total. The van der Waals surface area contributed by atoms with Crippen LogP contribution in [0.3, 0.4) is 0 Å². The molecule has 6 heteroatoms. The van der Waals surface area contributed by atoms with Crippen LogP contribution in [-0.4, -0.2) is 9.97 Å². The largest absolute Gasteiger partial charge is 0.319 e. The van der Waals surface area contributed by atoms with Gasteiger partial charge in [-0.1, -0.05) is 0 Å². The lowest BCUT2D eigenvalue weighted by atomic mass is 10.0. The molecule has 1 atom stereocenters. The fourth-order valence-corrected chi connectivity index (χ4v) is 1.40. The van der Waals surface area contributed by atoms with Gasteiger partial charge in [-0.3, -0.25) is 9.97 Å². The lowest BCUT2D eigenvalue weighted by Gasteiger charge is -2.11. The lowest BCUT2D eigenvalue weighted by Crippen LogP contribution is -2.14. The monoisotopic (exact) mass is 239 g/mol. The third-order valence-corrected chi connectivity index (χ3v) is 2.27. The van der Waals surface area contributed by atoms with E-state index in [9.17, 15) is 13.2 Å². The molecule has 3 nitrogen and oxygen atoms in total. The number of nitrogens with two attached hydrogens (primary N) is 1. The smallest absolute Gasteiger partial charge is 0.194 e. The van der Waals surface area contributed by atoms with Crippen LogP contribution in [0.5, 0.6) is 0 Å². The van der Waals surface area contributed by atoms with Crippen molar-refractivity contribution < 1.29 is 13.2 Å². The van der Waals surface area contributed by atoms with Gasteiger partial charge in [-0.15, -0.1) is 0 Å². The minimum atomic E-state index is -1.51. The van der Waals surface area contributed by atoms with Crippen molar-refractivity contribution in [2.45, 2.75) is 6.04 Å². The fraction of sp³-hybridized carbons (Fsp3) is 0.0909. The van der Waals surface area contributed by atoms with Crippen LogP contribution < -0.4 is 5.73 Å². The molecule has 0 radical (unpaired) electrons. The molecule has 17 heavy (non-hydrogen) atoms. The first-order valence-corrected chi connectivity index (χ1v) is 4.75. The number of rotatable bonds is 2. The van der Waals surface area contributed by atoms with Crippen molar-refractivity contribution in [2.24, 2.45) is 5.73 Å². The van der Waals surface area contributed by atoms with E-state index in [4.69, 9.17) is 5.73 Å². The Kier molecular flexibility index (Phi) is 3.06. The summed E-state index contributed by atoms with van der Waals surface area (Å²) < 4.78 is 38.8. The van der Waals surface area contributed by atoms with Gasteiger partial charge in [0.1, 0.15) is 0 Å². The average molecular weight is 239 g/mol. The number of hydrogen-bond donors (Lipinski definition) is 1. The second-order valence-corrected chi connectivity index (χ2v) is 3.41. The second-order valence-electron chi connectivity index (χ2n) is 3.41. The van der Waals surface area contributed by atoms with E-state index in [1.165, 1.54) is 18.6 Å². The maximum absolute atomic E-state index is 13.0. The highest BCUT2D eigenvalue weighted by molar-refractivity contribution is 5.27. The number of halogens is 3. The van der Waals surface area contributed by atoms with Crippen LogP contribution in [0, 0.1) is 17.5 Å². The van der Waals surface area contributed by atoms with E-state index in [2.05, 4.69) is 9.97 Å². The number of nitrogens with zero attached hydrogens (tertiary/aromatic N) is 2. The van der Waals surface area contributed by atoms with Gasteiger partial charge in [0.05, 0.1) is 17.9 Å². The van der Waals surface area contributed by atoms with Crippen molar-refractivity contribution in [3.05, 3.63) is 59.4 Å². The van der Waals surface area contributed by atoms with Gasteiger partial charge in [0.25, 0.3) is 0 Å². The van der Waals surface area contributed by atoms with Gasteiger partial charge < -0.3 is 5.73 Å². The Bertz CT molecular complexity index is 508. The molecule has 0 spiro atoms. The molecule has 0 saturated heterocycles. The van der Waals surface area contributed by atoms with Crippen LogP contribution in [0.25, 0.3) is 0 Å². The molecule has 1 aromatic heterocycles. The summed E-state index contributed by atoms with van der Waals surface area (Å²) in [5, 5.41) is 0. The van der Waals surface area contributed by atoms with E-state index in [-0.39, 0.29) is 5.56 Å². The van der Waals surface area contributed by atoms with Crippen LogP contribution in [0.2, 0.25) is 0 Å². The number of benzene rings is 1. The Balaban J connectivity index is 2.41. The van der Waals surface area contributed by atoms with Crippen LogP contribution in [-0.2, 0) is 0 Å². The second kappa shape index (κ2) is 4.50. The predicted octanol–water partition coefficient (Wildman–Crippen LogP) is 1.94. The molecule has 1 unspecified atom stereocenters. The topological polar surface area (TPSA) is 51.8 Å². The number of hydrogen-bond acceptors (Lipinski definition) is 3. The molecule has 2 rings (SSSR count). The summed E-state index contributed by atoms with van der Waals surface area (Å²) in [4.78, 5) is 7.70. The highest BCUT2D eigenvalue weighted by Crippen LogP contribution is 2.21. The zero-order valence-electron chi connectivity index (χ0n) is 8.57. The van der Waals surface area contributed by atoms with Crippen LogP contribution in [0.15, 0.2) is 30.7 Å². The highest BCUT2D eigenvalue weighted by atomic mass is 19.2. The molecule has 0 amide bonds. The van der Waals surface area contributed by atoms with E-state index >= 15 is 0 Å². The van der Waals surface area contributed by atoms with Gasteiger partial charge in [-0.2, -0.15) is 0 Å². The Morgan fingerprint density at radius 1 is 1.06 bits per heavy atom. The Hall–Kier alpha value is -1.95. The molecule has 0 aliphatic carbocycles. The van der Waals surface area contributed by atoms with E-state index in [1.54, 1.807) is 0 Å². The van der Waals surface area contributed by atoms with Gasteiger partial charge >= 0.3 is 0 Å². The molecule has 0 fully saturated rings. The molecule has 0 aliphatic rings. The molecule has 0 saturated carbocycles. The zero-order valence-corrected chi connectivity index (χ0v) is 8.57.